The molecule has 0 spiro atoms. The van der Waals surface area contributed by atoms with Gasteiger partial charge in [-0.25, -0.2) is 0 Å². The van der Waals surface area contributed by atoms with Gasteiger partial charge >= 0.3 is 0 Å². The quantitative estimate of drug-likeness (QED) is 0.417. The highest BCUT2D eigenvalue weighted by Gasteiger charge is 2.06. The van der Waals surface area contributed by atoms with Crippen LogP contribution in [0, 0.1) is 17.2 Å². The van der Waals surface area contributed by atoms with Gasteiger partial charge in [0.2, 0.25) is 0 Å². The maximum atomic E-state index is 8.60. The third kappa shape index (κ3) is 9.73. The van der Waals surface area contributed by atoms with Crippen molar-refractivity contribution in [1.29, 1.82) is 5.26 Å². The molecule has 2 nitrogen and oxygen atoms in total. The number of nitriles is 1. The molecule has 0 saturated carbocycles. The highest BCUT2D eigenvalue weighted by Crippen LogP contribution is 2.05. The minimum absolute atomic E-state index is 0.652. The maximum Gasteiger partial charge on any atom is 0.0635 e. The van der Waals surface area contributed by atoms with Crippen molar-refractivity contribution in [3.63, 3.8) is 0 Å². The van der Waals surface area contributed by atoms with Gasteiger partial charge < -0.3 is 4.90 Å². The summed E-state index contributed by atoms with van der Waals surface area (Å²) >= 11 is 0. The van der Waals surface area contributed by atoms with Gasteiger partial charge in [-0.3, -0.25) is 0 Å². The van der Waals surface area contributed by atoms with Gasteiger partial charge in [0.1, 0.15) is 0 Å². The van der Waals surface area contributed by atoms with Gasteiger partial charge in [0.05, 0.1) is 6.07 Å². The van der Waals surface area contributed by atoms with E-state index in [2.05, 4.69) is 31.4 Å². The van der Waals surface area contributed by atoms with E-state index in [1.54, 1.807) is 0 Å². The Kier molecular flexibility index (Phi) is 10.2. The molecule has 0 aromatic carbocycles. The number of hydrogen-bond acceptors (Lipinski definition) is 2. The summed E-state index contributed by atoms with van der Waals surface area (Å²) in [6, 6.07) is 2.23. The van der Waals surface area contributed by atoms with E-state index in [9.17, 15) is 0 Å². The Bertz CT molecular complexity index is 203. The third-order valence-electron chi connectivity index (χ3n) is 2.55. The molecule has 0 heterocycles. The van der Waals surface area contributed by atoms with Crippen LogP contribution in [-0.2, 0) is 0 Å². The molecule has 0 aromatic heterocycles. The van der Waals surface area contributed by atoms with Gasteiger partial charge in [-0.15, -0.1) is 6.58 Å². The Hall–Kier alpha value is -0.810. The Balaban J connectivity index is 3.65. The molecular formula is C14H26N2. The molecule has 92 valence electrons. The van der Waals surface area contributed by atoms with Crippen LogP contribution in [0.2, 0.25) is 0 Å². The zero-order valence-corrected chi connectivity index (χ0v) is 10.9. The first kappa shape index (κ1) is 15.2. The summed E-state index contributed by atoms with van der Waals surface area (Å²) in [6.07, 6.45) is 7.53. The van der Waals surface area contributed by atoms with Crippen LogP contribution >= 0.6 is 0 Å². The number of nitrogens with zero attached hydrogens (tertiary/aromatic N) is 2. The number of hydrogen-bond donors (Lipinski definition) is 0. The van der Waals surface area contributed by atoms with Crippen molar-refractivity contribution in [2.75, 3.05) is 19.6 Å². The lowest BCUT2D eigenvalue weighted by atomic mass is 10.1. The summed E-state index contributed by atoms with van der Waals surface area (Å²) in [6.45, 7) is 11.4. The van der Waals surface area contributed by atoms with Crippen LogP contribution in [0.4, 0.5) is 0 Å². The SMILES string of the molecule is C=CCCCCCN(CCC#N)CC(C)C. The third-order valence-corrected chi connectivity index (χ3v) is 2.55. The van der Waals surface area contributed by atoms with Crippen molar-refractivity contribution in [2.45, 2.75) is 46.0 Å². The van der Waals surface area contributed by atoms with Crippen LogP contribution < -0.4 is 0 Å². The minimum atomic E-state index is 0.652. The Morgan fingerprint density at radius 1 is 1.25 bits per heavy atom. The Morgan fingerprint density at radius 3 is 2.56 bits per heavy atom. The molecule has 0 unspecified atom stereocenters. The Morgan fingerprint density at radius 2 is 2.00 bits per heavy atom. The van der Waals surface area contributed by atoms with Crippen molar-refractivity contribution in [1.82, 2.24) is 4.90 Å². The van der Waals surface area contributed by atoms with Crippen molar-refractivity contribution in [3.8, 4) is 6.07 Å². The fourth-order valence-electron chi connectivity index (χ4n) is 1.82. The molecule has 0 atom stereocenters. The van der Waals surface area contributed by atoms with E-state index >= 15 is 0 Å². The van der Waals surface area contributed by atoms with Gasteiger partial charge in [-0.05, 0) is 31.7 Å². The smallest absolute Gasteiger partial charge is 0.0635 e. The van der Waals surface area contributed by atoms with Crippen LogP contribution in [-0.4, -0.2) is 24.5 Å². The maximum absolute atomic E-state index is 8.60. The molecule has 0 aliphatic heterocycles. The zero-order valence-electron chi connectivity index (χ0n) is 10.9. The van der Waals surface area contributed by atoms with E-state index < -0.39 is 0 Å². The molecular weight excluding hydrogens is 196 g/mol. The average Bonchev–Trinajstić information content (AvgIpc) is 2.24. The summed E-state index contributed by atoms with van der Waals surface area (Å²) in [5.74, 6) is 0.687. The van der Waals surface area contributed by atoms with Crippen LogP contribution in [0.1, 0.15) is 46.0 Å². The molecule has 0 saturated heterocycles. The lowest BCUT2D eigenvalue weighted by Crippen LogP contribution is -2.29. The van der Waals surface area contributed by atoms with Gasteiger partial charge in [0.25, 0.3) is 0 Å². The van der Waals surface area contributed by atoms with E-state index in [1.807, 2.05) is 6.08 Å². The molecule has 0 radical (unpaired) electrons. The summed E-state index contributed by atoms with van der Waals surface area (Å²) in [5.41, 5.74) is 0. The molecule has 0 fully saturated rings. The normalized spacial score (nSPS) is 10.7. The van der Waals surface area contributed by atoms with Crippen molar-refractivity contribution in [2.24, 2.45) is 5.92 Å². The minimum Gasteiger partial charge on any atom is -0.302 e. The lowest BCUT2D eigenvalue weighted by Gasteiger charge is -2.23. The van der Waals surface area contributed by atoms with Crippen molar-refractivity contribution in [3.05, 3.63) is 12.7 Å². The van der Waals surface area contributed by atoms with Crippen LogP contribution in [0.3, 0.4) is 0 Å². The first-order valence-electron chi connectivity index (χ1n) is 6.41. The zero-order chi connectivity index (χ0) is 12.2. The van der Waals surface area contributed by atoms with Crippen molar-refractivity contribution < 1.29 is 0 Å². The van der Waals surface area contributed by atoms with Gasteiger partial charge in [0, 0.05) is 19.5 Å². The van der Waals surface area contributed by atoms with Gasteiger partial charge in [-0.1, -0.05) is 26.3 Å². The highest BCUT2D eigenvalue weighted by atomic mass is 15.1. The highest BCUT2D eigenvalue weighted by molar-refractivity contribution is 4.73. The summed E-state index contributed by atoms with van der Waals surface area (Å²) < 4.78 is 0. The number of rotatable bonds is 10. The fraction of sp³-hybridized carbons (Fsp3) is 0.786. The standard InChI is InChI=1S/C14H26N2/c1-4-5-6-7-8-11-16(12-9-10-15)13-14(2)3/h4,14H,1,5-9,11-13H2,2-3H3. The topological polar surface area (TPSA) is 27.0 Å². The molecule has 16 heavy (non-hydrogen) atoms. The summed E-state index contributed by atoms with van der Waals surface area (Å²) in [4.78, 5) is 2.42. The Labute approximate surface area is 101 Å². The summed E-state index contributed by atoms with van der Waals surface area (Å²) in [7, 11) is 0. The van der Waals surface area contributed by atoms with E-state index in [0.717, 1.165) is 26.1 Å². The summed E-state index contributed by atoms with van der Waals surface area (Å²) in [5, 5.41) is 8.60. The predicted molar refractivity (Wildman–Crippen MR) is 70.2 cm³/mol. The monoisotopic (exact) mass is 222 g/mol. The molecule has 0 bridgehead atoms. The molecule has 0 aromatic rings. The van der Waals surface area contributed by atoms with Gasteiger partial charge in [-0.2, -0.15) is 5.26 Å². The molecule has 0 aliphatic carbocycles. The van der Waals surface area contributed by atoms with E-state index in [4.69, 9.17) is 5.26 Å². The molecule has 0 rings (SSSR count). The second kappa shape index (κ2) is 10.7. The molecule has 0 amide bonds. The predicted octanol–water partition coefficient (Wildman–Crippen LogP) is 3.60. The fourth-order valence-corrected chi connectivity index (χ4v) is 1.82. The van der Waals surface area contributed by atoms with Crippen LogP contribution in [0.5, 0.6) is 0 Å². The van der Waals surface area contributed by atoms with Crippen LogP contribution in [0.15, 0.2) is 12.7 Å². The molecule has 0 aliphatic rings. The molecule has 0 N–H and O–H groups in total. The van der Waals surface area contributed by atoms with Crippen molar-refractivity contribution >= 4 is 0 Å². The first-order valence-corrected chi connectivity index (χ1v) is 6.41. The molecule has 2 heteroatoms. The van der Waals surface area contributed by atoms with Gasteiger partial charge in [0.15, 0.2) is 0 Å². The first-order chi connectivity index (χ1) is 7.70. The average molecular weight is 222 g/mol. The van der Waals surface area contributed by atoms with Crippen LogP contribution in [0.25, 0.3) is 0 Å². The van der Waals surface area contributed by atoms with E-state index in [0.29, 0.717) is 12.3 Å². The second-order valence-corrected chi connectivity index (χ2v) is 4.74. The number of unbranched alkanes of at least 4 members (excludes halogenated alkanes) is 3. The number of allylic oxidation sites excluding steroid dienone is 1. The van der Waals surface area contributed by atoms with E-state index in [-0.39, 0.29) is 0 Å². The lowest BCUT2D eigenvalue weighted by molar-refractivity contribution is 0.244. The largest absolute Gasteiger partial charge is 0.302 e. The second-order valence-electron chi connectivity index (χ2n) is 4.74. The van der Waals surface area contributed by atoms with E-state index in [1.165, 1.54) is 19.3 Å².